The minimum Gasteiger partial charge on any atom is -0.456 e. The molecule has 10 rings (SSSR count). The van der Waals surface area contributed by atoms with E-state index in [1.165, 1.54) is 0 Å². The smallest absolute Gasteiger partial charge is 0.135 e. The largest absolute Gasteiger partial charge is 0.456 e. The molecule has 4 aromatic carbocycles. The Kier molecular flexibility index (Phi) is 4.90. The summed E-state index contributed by atoms with van der Waals surface area (Å²) < 4.78 is 10.7. The number of hydrogen-bond donors (Lipinski definition) is 0. The zero-order chi connectivity index (χ0) is 29.5. The molecular weight excluding hydrogens is 554 g/mol. The molecule has 0 unspecified atom stereocenters. The predicted molar refractivity (Wildman–Crippen MR) is 181 cm³/mol. The highest BCUT2D eigenvalue weighted by Gasteiger charge is 2.17. The van der Waals surface area contributed by atoms with E-state index < -0.39 is 0 Å². The lowest BCUT2D eigenvalue weighted by Gasteiger charge is -2.11. The highest BCUT2D eigenvalue weighted by molar-refractivity contribution is 6.12. The van der Waals surface area contributed by atoms with Crippen molar-refractivity contribution in [1.82, 2.24) is 24.1 Å². The molecule has 0 atom stereocenters. The average molecular weight is 578 g/mol. The Morgan fingerprint density at radius 1 is 0.400 bits per heavy atom. The van der Waals surface area contributed by atoms with Gasteiger partial charge in [0.2, 0.25) is 0 Å². The number of aromatic nitrogens is 5. The molecule has 0 aliphatic heterocycles. The quantitative estimate of drug-likeness (QED) is 0.210. The SMILES string of the molecule is c1cc(-c2ccc3c(c2)c2cnccc2n3-c2ccc3oc4ccccc4c3c2)cc(-n2c3ccncc3c3cnccc32)c1. The summed E-state index contributed by atoms with van der Waals surface area (Å²) >= 11 is 0. The van der Waals surface area contributed by atoms with Gasteiger partial charge in [-0.3, -0.25) is 15.0 Å². The van der Waals surface area contributed by atoms with Gasteiger partial charge in [0, 0.05) is 80.9 Å². The second-order valence-electron chi connectivity index (χ2n) is 11.4. The molecule has 0 saturated heterocycles. The fourth-order valence-electron chi connectivity index (χ4n) is 6.99. The van der Waals surface area contributed by atoms with Crippen molar-refractivity contribution in [3.63, 3.8) is 0 Å². The van der Waals surface area contributed by atoms with E-state index in [1.54, 1.807) is 0 Å². The molecule has 210 valence electrons. The minimum absolute atomic E-state index is 0.889. The third kappa shape index (κ3) is 3.48. The lowest BCUT2D eigenvalue weighted by Crippen LogP contribution is -1.95. The molecule has 6 heteroatoms. The second-order valence-corrected chi connectivity index (χ2v) is 11.4. The maximum Gasteiger partial charge on any atom is 0.135 e. The van der Waals surface area contributed by atoms with Crippen molar-refractivity contribution in [2.24, 2.45) is 0 Å². The molecule has 6 heterocycles. The maximum atomic E-state index is 6.12. The Bertz CT molecular complexity index is 2730. The molecule has 0 amide bonds. The molecule has 45 heavy (non-hydrogen) atoms. The highest BCUT2D eigenvalue weighted by atomic mass is 16.3. The monoisotopic (exact) mass is 577 g/mol. The van der Waals surface area contributed by atoms with Crippen LogP contribution in [0.2, 0.25) is 0 Å². The van der Waals surface area contributed by atoms with Crippen molar-refractivity contribution in [1.29, 1.82) is 0 Å². The van der Waals surface area contributed by atoms with Gasteiger partial charge in [0.05, 0.1) is 22.1 Å². The second kappa shape index (κ2) is 9.11. The van der Waals surface area contributed by atoms with Crippen LogP contribution in [0.5, 0.6) is 0 Å². The third-order valence-electron chi connectivity index (χ3n) is 8.99. The lowest BCUT2D eigenvalue weighted by molar-refractivity contribution is 0.669. The van der Waals surface area contributed by atoms with Gasteiger partial charge in [-0.15, -0.1) is 0 Å². The van der Waals surface area contributed by atoms with E-state index in [0.717, 1.165) is 88.1 Å². The number of nitrogens with zero attached hydrogens (tertiary/aromatic N) is 5. The van der Waals surface area contributed by atoms with Crippen molar-refractivity contribution in [3.8, 4) is 22.5 Å². The van der Waals surface area contributed by atoms with Crippen LogP contribution in [0.4, 0.5) is 0 Å². The standard InChI is InChI=1S/C39H23N5O/c1-2-7-38-28(6-1)30-20-27(9-11-39(30)45-38)44-34-10-8-25(19-29(34)31-21-40-15-12-35(31)44)24-4-3-5-26(18-24)43-36-13-16-41-22-32(36)33-23-42-17-14-37(33)43/h1-23H. The molecule has 0 N–H and O–H groups in total. The Balaban J connectivity index is 1.16. The minimum atomic E-state index is 0.889. The van der Waals surface area contributed by atoms with Gasteiger partial charge in [0.15, 0.2) is 0 Å². The number of hydrogen-bond acceptors (Lipinski definition) is 4. The van der Waals surface area contributed by atoms with Gasteiger partial charge < -0.3 is 13.6 Å². The topological polar surface area (TPSA) is 61.7 Å². The Hall–Kier alpha value is -6.27. The summed E-state index contributed by atoms with van der Waals surface area (Å²) in [4.78, 5) is 13.3. The molecule has 0 spiro atoms. The summed E-state index contributed by atoms with van der Waals surface area (Å²) in [5.74, 6) is 0. The van der Waals surface area contributed by atoms with Crippen molar-refractivity contribution >= 4 is 65.6 Å². The van der Waals surface area contributed by atoms with Crippen molar-refractivity contribution in [3.05, 3.63) is 140 Å². The number of rotatable bonds is 3. The zero-order valence-electron chi connectivity index (χ0n) is 23.9. The molecule has 0 radical (unpaired) electrons. The van der Waals surface area contributed by atoms with Crippen LogP contribution in [0.15, 0.2) is 145 Å². The first-order chi connectivity index (χ1) is 22.3. The molecule has 6 nitrogen and oxygen atoms in total. The molecule has 0 aliphatic carbocycles. The molecule has 0 aliphatic rings. The third-order valence-corrected chi connectivity index (χ3v) is 8.99. The van der Waals surface area contributed by atoms with E-state index in [4.69, 9.17) is 4.42 Å². The lowest BCUT2D eigenvalue weighted by atomic mass is 10.0. The van der Waals surface area contributed by atoms with Gasteiger partial charge in [-0.2, -0.15) is 0 Å². The highest BCUT2D eigenvalue weighted by Crippen LogP contribution is 2.38. The van der Waals surface area contributed by atoms with Crippen LogP contribution in [-0.4, -0.2) is 24.1 Å². The maximum absolute atomic E-state index is 6.12. The summed E-state index contributed by atoms with van der Waals surface area (Å²) in [6.07, 6.45) is 11.4. The van der Waals surface area contributed by atoms with Crippen LogP contribution in [0.1, 0.15) is 0 Å². The number of benzene rings is 4. The van der Waals surface area contributed by atoms with Crippen molar-refractivity contribution in [2.75, 3.05) is 0 Å². The molecule has 6 aromatic heterocycles. The van der Waals surface area contributed by atoms with Crippen molar-refractivity contribution < 1.29 is 4.42 Å². The fraction of sp³-hybridized carbons (Fsp3) is 0. The van der Waals surface area contributed by atoms with Gasteiger partial charge in [0.25, 0.3) is 0 Å². The summed E-state index contributed by atoms with van der Waals surface area (Å²) in [5, 5.41) is 6.69. The molecule has 0 bridgehead atoms. The Morgan fingerprint density at radius 2 is 1.00 bits per heavy atom. The van der Waals surface area contributed by atoms with Crippen LogP contribution in [0.3, 0.4) is 0 Å². The van der Waals surface area contributed by atoms with Crippen LogP contribution < -0.4 is 0 Å². The van der Waals surface area contributed by atoms with Crippen LogP contribution in [-0.2, 0) is 0 Å². The van der Waals surface area contributed by atoms with E-state index in [-0.39, 0.29) is 0 Å². The number of pyridine rings is 3. The van der Waals surface area contributed by atoms with Gasteiger partial charge in [-0.25, -0.2) is 0 Å². The number of fused-ring (bicyclic) bond motifs is 9. The molecular formula is C39H23N5O. The predicted octanol–water partition coefficient (Wildman–Crippen LogP) is 9.63. The summed E-state index contributed by atoms with van der Waals surface area (Å²) in [6.45, 7) is 0. The summed E-state index contributed by atoms with van der Waals surface area (Å²) in [6, 6.07) is 36.4. The van der Waals surface area contributed by atoms with Gasteiger partial charge in [0.1, 0.15) is 11.2 Å². The Morgan fingerprint density at radius 3 is 1.73 bits per heavy atom. The summed E-state index contributed by atoms with van der Waals surface area (Å²) in [7, 11) is 0. The van der Waals surface area contributed by atoms with Gasteiger partial charge >= 0.3 is 0 Å². The Labute approximate surface area is 256 Å². The molecule has 0 fully saturated rings. The van der Waals surface area contributed by atoms with Crippen molar-refractivity contribution in [2.45, 2.75) is 0 Å². The summed E-state index contributed by atoms with van der Waals surface area (Å²) in [5.41, 5.74) is 10.7. The molecule has 0 saturated carbocycles. The van der Waals surface area contributed by atoms with E-state index in [1.807, 2.05) is 49.3 Å². The average Bonchev–Trinajstić information content (AvgIpc) is 3.75. The number of furan rings is 1. The first-order valence-corrected chi connectivity index (χ1v) is 14.9. The van der Waals surface area contributed by atoms with E-state index in [9.17, 15) is 0 Å². The normalized spacial score (nSPS) is 12.0. The number of para-hydroxylation sites is 1. The first-order valence-electron chi connectivity index (χ1n) is 14.9. The first kappa shape index (κ1) is 24.2. The van der Waals surface area contributed by atoms with Crippen LogP contribution in [0.25, 0.3) is 88.1 Å². The van der Waals surface area contributed by atoms with Crippen LogP contribution in [0, 0.1) is 0 Å². The van der Waals surface area contributed by atoms with E-state index in [0.29, 0.717) is 0 Å². The van der Waals surface area contributed by atoms with Gasteiger partial charge in [-0.05, 0) is 77.9 Å². The zero-order valence-corrected chi connectivity index (χ0v) is 23.9. The van der Waals surface area contributed by atoms with Crippen LogP contribution >= 0.6 is 0 Å². The fourth-order valence-corrected chi connectivity index (χ4v) is 6.99. The van der Waals surface area contributed by atoms with Gasteiger partial charge in [-0.1, -0.05) is 36.4 Å². The van der Waals surface area contributed by atoms with E-state index in [2.05, 4.69) is 115 Å². The van der Waals surface area contributed by atoms with E-state index >= 15 is 0 Å². The molecule has 10 aromatic rings.